The van der Waals surface area contributed by atoms with E-state index in [4.69, 9.17) is 9.47 Å². The maximum Gasteiger partial charge on any atom is 0.242 e. The van der Waals surface area contributed by atoms with Crippen molar-refractivity contribution in [2.45, 2.75) is 13.3 Å². The van der Waals surface area contributed by atoms with Crippen molar-refractivity contribution >= 4 is 11.6 Å². The summed E-state index contributed by atoms with van der Waals surface area (Å²) >= 11 is 0. The number of methoxy groups -OCH3 is 2. The van der Waals surface area contributed by atoms with Gasteiger partial charge in [0.05, 0.1) is 20.3 Å². The third kappa shape index (κ3) is 4.26. The van der Waals surface area contributed by atoms with Crippen LogP contribution in [0.1, 0.15) is 11.1 Å². The number of anilines is 1. The lowest BCUT2D eigenvalue weighted by atomic mass is 9.98. The summed E-state index contributed by atoms with van der Waals surface area (Å²) in [6, 6.07) is 14.8. The lowest BCUT2D eigenvalue weighted by molar-refractivity contribution is -0.118. The molecule has 2 aromatic rings. The predicted octanol–water partition coefficient (Wildman–Crippen LogP) is 3.33. The van der Waals surface area contributed by atoms with Gasteiger partial charge >= 0.3 is 0 Å². The summed E-state index contributed by atoms with van der Waals surface area (Å²) in [5.41, 5.74) is 2.47. The van der Waals surface area contributed by atoms with Crippen molar-refractivity contribution < 1.29 is 14.3 Å². The molecular weight excluding hydrogens is 304 g/mol. The Morgan fingerprint density at radius 2 is 2.00 bits per heavy atom. The normalized spacial score (nSPS) is 11.2. The van der Waals surface area contributed by atoms with E-state index in [2.05, 4.69) is 11.4 Å². The van der Waals surface area contributed by atoms with E-state index >= 15 is 0 Å². The molecule has 0 saturated heterocycles. The summed E-state index contributed by atoms with van der Waals surface area (Å²) in [4.78, 5) is 12.4. The Morgan fingerprint density at radius 3 is 2.62 bits per heavy atom. The molecule has 1 N–H and O–H groups in total. The van der Waals surface area contributed by atoms with Crippen LogP contribution in [0, 0.1) is 24.2 Å². The smallest absolute Gasteiger partial charge is 0.242 e. The van der Waals surface area contributed by atoms with E-state index in [1.807, 2.05) is 25.1 Å². The van der Waals surface area contributed by atoms with Gasteiger partial charge in [-0.15, -0.1) is 0 Å². The minimum atomic E-state index is -0.827. The number of aryl methyl sites for hydroxylation is 1. The van der Waals surface area contributed by atoms with E-state index in [1.54, 1.807) is 38.5 Å². The predicted molar refractivity (Wildman–Crippen MR) is 92.2 cm³/mol. The standard InChI is InChI=1S/C19H20N2O3/c1-13-5-4-6-16(9-13)21-19(22)15(12-20)10-14-11-17(23-2)7-8-18(14)24-3/h4-9,11,15H,10H2,1-3H3,(H,21,22)/t15-/m1/s1. The molecule has 0 saturated carbocycles. The first kappa shape index (κ1) is 17.4. The molecule has 5 heteroatoms. The highest BCUT2D eigenvalue weighted by Gasteiger charge is 2.21. The Kier molecular flexibility index (Phi) is 5.80. The minimum absolute atomic E-state index is 0.245. The van der Waals surface area contributed by atoms with Crippen LogP contribution in [0.15, 0.2) is 42.5 Å². The second kappa shape index (κ2) is 8.02. The van der Waals surface area contributed by atoms with Crippen LogP contribution in [0.4, 0.5) is 5.69 Å². The lowest BCUT2D eigenvalue weighted by Gasteiger charge is -2.14. The molecule has 0 aliphatic rings. The van der Waals surface area contributed by atoms with Gasteiger partial charge in [0.15, 0.2) is 0 Å². The number of nitrogens with zero attached hydrogens (tertiary/aromatic N) is 1. The fourth-order valence-electron chi connectivity index (χ4n) is 2.41. The van der Waals surface area contributed by atoms with Crippen molar-refractivity contribution in [3.05, 3.63) is 53.6 Å². The van der Waals surface area contributed by atoms with Crippen molar-refractivity contribution in [2.24, 2.45) is 5.92 Å². The number of nitriles is 1. The molecule has 0 bridgehead atoms. The van der Waals surface area contributed by atoms with Crippen LogP contribution in [0.25, 0.3) is 0 Å². The number of benzene rings is 2. The zero-order chi connectivity index (χ0) is 17.5. The van der Waals surface area contributed by atoms with Gasteiger partial charge in [-0.05, 0) is 48.4 Å². The molecule has 124 valence electrons. The zero-order valence-corrected chi connectivity index (χ0v) is 14.0. The summed E-state index contributed by atoms with van der Waals surface area (Å²) in [6.45, 7) is 1.94. The average molecular weight is 324 g/mol. The van der Waals surface area contributed by atoms with Crippen LogP contribution in [0.2, 0.25) is 0 Å². The van der Waals surface area contributed by atoms with E-state index < -0.39 is 5.92 Å². The van der Waals surface area contributed by atoms with Gasteiger partial charge in [-0.3, -0.25) is 4.79 Å². The summed E-state index contributed by atoms with van der Waals surface area (Å²) in [7, 11) is 3.12. The molecule has 0 aliphatic carbocycles. The fourth-order valence-corrected chi connectivity index (χ4v) is 2.41. The van der Waals surface area contributed by atoms with Crippen molar-refractivity contribution in [2.75, 3.05) is 19.5 Å². The Morgan fingerprint density at radius 1 is 1.21 bits per heavy atom. The molecule has 0 unspecified atom stereocenters. The minimum Gasteiger partial charge on any atom is -0.497 e. The number of hydrogen-bond acceptors (Lipinski definition) is 4. The molecular formula is C19H20N2O3. The second-order valence-electron chi connectivity index (χ2n) is 5.42. The van der Waals surface area contributed by atoms with Gasteiger partial charge in [0.1, 0.15) is 17.4 Å². The van der Waals surface area contributed by atoms with Crippen molar-refractivity contribution in [3.63, 3.8) is 0 Å². The topological polar surface area (TPSA) is 71.3 Å². The number of carbonyl (C=O) groups is 1. The maximum absolute atomic E-state index is 12.4. The lowest BCUT2D eigenvalue weighted by Crippen LogP contribution is -2.23. The Balaban J connectivity index is 2.17. The zero-order valence-electron chi connectivity index (χ0n) is 14.0. The molecule has 0 fully saturated rings. The SMILES string of the molecule is COc1ccc(OC)c(C[C@H](C#N)C(=O)Nc2cccc(C)c2)c1. The van der Waals surface area contributed by atoms with Gasteiger partial charge in [-0.2, -0.15) is 5.26 Å². The Hall–Kier alpha value is -3.00. The first-order valence-corrected chi connectivity index (χ1v) is 7.55. The first-order valence-electron chi connectivity index (χ1n) is 7.55. The molecule has 1 amide bonds. The molecule has 24 heavy (non-hydrogen) atoms. The van der Waals surface area contributed by atoms with Crippen LogP contribution in [0.3, 0.4) is 0 Å². The van der Waals surface area contributed by atoms with Crippen LogP contribution in [0.5, 0.6) is 11.5 Å². The van der Waals surface area contributed by atoms with E-state index in [1.165, 1.54) is 0 Å². The second-order valence-corrected chi connectivity index (χ2v) is 5.42. The van der Waals surface area contributed by atoms with Crippen molar-refractivity contribution in [3.8, 4) is 17.6 Å². The summed E-state index contributed by atoms with van der Waals surface area (Å²) in [6.07, 6.45) is 0.245. The quantitative estimate of drug-likeness (QED) is 0.884. The first-order chi connectivity index (χ1) is 11.6. The van der Waals surface area contributed by atoms with Gasteiger partial charge in [0.2, 0.25) is 5.91 Å². The Bertz CT molecular complexity index is 765. The van der Waals surface area contributed by atoms with Gasteiger partial charge < -0.3 is 14.8 Å². The summed E-state index contributed by atoms with van der Waals surface area (Å²) in [5.74, 6) is 0.112. The van der Waals surface area contributed by atoms with E-state index in [9.17, 15) is 10.1 Å². The van der Waals surface area contributed by atoms with Crippen molar-refractivity contribution in [1.82, 2.24) is 0 Å². The third-order valence-corrected chi connectivity index (χ3v) is 3.67. The molecule has 0 aliphatic heterocycles. The van der Waals surface area contributed by atoms with Crippen LogP contribution < -0.4 is 14.8 Å². The number of hydrogen-bond donors (Lipinski definition) is 1. The number of rotatable bonds is 6. The van der Waals surface area contributed by atoms with Gasteiger partial charge in [0.25, 0.3) is 0 Å². The molecule has 0 aromatic heterocycles. The number of carbonyl (C=O) groups excluding carboxylic acids is 1. The molecule has 0 spiro atoms. The van der Waals surface area contributed by atoms with Crippen molar-refractivity contribution in [1.29, 1.82) is 5.26 Å². The highest BCUT2D eigenvalue weighted by Crippen LogP contribution is 2.26. The van der Waals surface area contributed by atoms with E-state index in [0.717, 1.165) is 11.1 Å². The van der Waals surface area contributed by atoms with Crippen LogP contribution in [-0.4, -0.2) is 20.1 Å². The van der Waals surface area contributed by atoms with E-state index in [0.29, 0.717) is 17.2 Å². The number of ether oxygens (including phenoxy) is 2. The Labute approximate surface area is 141 Å². The largest absolute Gasteiger partial charge is 0.497 e. The maximum atomic E-state index is 12.4. The summed E-state index contributed by atoms with van der Waals surface area (Å²) < 4.78 is 10.5. The highest BCUT2D eigenvalue weighted by molar-refractivity contribution is 5.94. The molecule has 2 aromatic carbocycles. The van der Waals surface area contributed by atoms with Gasteiger partial charge in [0, 0.05) is 12.1 Å². The van der Waals surface area contributed by atoms with Gasteiger partial charge in [-0.25, -0.2) is 0 Å². The number of amides is 1. The molecule has 0 heterocycles. The molecule has 0 radical (unpaired) electrons. The highest BCUT2D eigenvalue weighted by atomic mass is 16.5. The summed E-state index contributed by atoms with van der Waals surface area (Å²) in [5, 5.41) is 12.2. The number of nitrogens with one attached hydrogen (secondary N) is 1. The van der Waals surface area contributed by atoms with Gasteiger partial charge in [-0.1, -0.05) is 12.1 Å². The molecule has 2 rings (SSSR count). The van der Waals surface area contributed by atoms with E-state index in [-0.39, 0.29) is 12.3 Å². The fraction of sp³-hybridized carbons (Fsp3) is 0.263. The van der Waals surface area contributed by atoms with Crippen LogP contribution >= 0.6 is 0 Å². The van der Waals surface area contributed by atoms with Crippen LogP contribution in [-0.2, 0) is 11.2 Å². The molecule has 1 atom stereocenters. The molecule has 5 nitrogen and oxygen atoms in total. The average Bonchev–Trinajstić information content (AvgIpc) is 2.59. The third-order valence-electron chi connectivity index (χ3n) is 3.67. The monoisotopic (exact) mass is 324 g/mol.